The number of Topliss-reactive ketones (excluding diaryl/α,β-unsaturated/α-hetero) is 1. The van der Waals surface area contributed by atoms with E-state index in [4.69, 9.17) is 0 Å². The Kier molecular flexibility index (Phi) is 22.0. The lowest BCUT2D eigenvalue weighted by molar-refractivity contribution is -0.145. The first kappa shape index (κ1) is 51.1. The molecule has 3 atom stereocenters. The van der Waals surface area contributed by atoms with Crippen molar-refractivity contribution in [3.8, 4) is 0 Å². The number of nitrogens with one attached hydrogen (secondary N) is 2. The van der Waals surface area contributed by atoms with Gasteiger partial charge in [-0.3, -0.25) is 58.0 Å². The third-order valence-corrected chi connectivity index (χ3v) is 12.0. The van der Waals surface area contributed by atoms with E-state index in [0.717, 1.165) is 12.8 Å². The summed E-state index contributed by atoms with van der Waals surface area (Å²) in [6, 6.07) is -1.92. The first-order chi connectivity index (χ1) is 28.9. The van der Waals surface area contributed by atoms with E-state index in [2.05, 4.69) is 10.6 Å². The first-order valence-electron chi connectivity index (χ1n) is 21.5. The monoisotopic (exact) mass is 867 g/mol. The Morgan fingerprint density at radius 1 is 0.672 bits per heavy atom. The van der Waals surface area contributed by atoms with Gasteiger partial charge in [-0.05, 0) is 70.6 Å². The van der Waals surface area contributed by atoms with Crippen molar-refractivity contribution in [2.75, 3.05) is 85.1 Å². The Bertz CT molecular complexity index is 1470. The number of carboxylic acids is 4. The van der Waals surface area contributed by atoms with Crippen LogP contribution in [0, 0.1) is 11.8 Å². The number of amides is 3. The molecule has 61 heavy (non-hydrogen) atoms. The maximum atomic E-state index is 12.9. The average molecular weight is 868 g/mol. The van der Waals surface area contributed by atoms with Crippen LogP contribution in [0.5, 0.6) is 0 Å². The number of hydrogen-bond donors (Lipinski definition) is 8. The molecule has 3 fully saturated rings. The minimum absolute atomic E-state index is 0.0550. The number of nitrogens with zero attached hydrogens (tertiary/aromatic N) is 5. The molecule has 0 aromatic rings. The second-order valence-electron chi connectivity index (χ2n) is 16.6. The van der Waals surface area contributed by atoms with Crippen LogP contribution < -0.4 is 10.6 Å². The molecule has 2 aliphatic heterocycles. The largest absolute Gasteiger partial charge is 0.480 e. The van der Waals surface area contributed by atoms with Gasteiger partial charge in [-0.2, -0.15) is 0 Å². The molecule has 0 aromatic carbocycles. The fourth-order valence-electron chi connectivity index (χ4n) is 8.47. The number of carboxylic acid groups (broad SMARTS) is 4. The fraction of sp³-hybridized carbons (Fsp3) is 0.795. The molecule has 0 aromatic heterocycles. The number of aliphatic carboxylic acids is 4. The van der Waals surface area contributed by atoms with Crippen molar-refractivity contribution >= 4 is 54.5 Å². The van der Waals surface area contributed by atoms with Crippen molar-refractivity contribution in [3.05, 3.63) is 0 Å². The highest BCUT2D eigenvalue weighted by molar-refractivity contribution is 6.43. The van der Waals surface area contributed by atoms with E-state index >= 15 is 0 Å². The molecule has 0 unspecified atom stereocenters. The number of hydrogen-bond acceptors (Lipinski definition) is 14. The van der Waals surface area contributed by atoms with E-state index in [1.54, 1.807) is 26.5 Å². The molecule has 344 valence electrons. The molecule has 0 radical (unpaired) electrons. The number of carbonyl (C=O) groups is 8. The quantitative estimate of drug-likeness (QED) is 0.0442. The molecule has 3 amide bonds. The van der Waals surface area contributed by atoms with Crippen LogP contribution in [0.25, 0.3) is 0 Å². The van der Waals surface area contributed by atoms with Gasteiger partial charge in [0, 0.05) is 90.6 Å². The third kappa shape index (κ3) is 18.7. The Balaban J connectivity index is 1.40. The first-order valence-corrected chi connectivity index (χ1v) is 21.5. The minimum atomic E-state index is -1.63. The summed E-state index contributed by atoms with van der Waals surface area (Å²) in [7, 11) is -1.63. The lowest BCUT2D eigenvalue weighted by atomic mass is 9.77. The molecular formula is C39H66BN7O14. The second kappa shape index (κ2) is 26.3. The van der Waals surface area contributed by atoms with Gasteiger partial charge in [-0.25, -0.2) is 0 Å². The average Bonchev–Trinajstić information content (AvgIpc) is 3.69. The zero-order valence-electron chi connectivity index (χ0n) is 35.3. The predicted octanol–water partition coefficient (Wildman–Crippen LogP) is -1.74. The van der Waals surface area contributed by atoms with Gasteiger partial charge >= 0.3 is 31.0 Å². The van der Waals surface area contributed by atoms with Crippen LogP contribution in [0.4, 0.5) is 0 Å². The van der Waals surface area contributed by atoms with Crippen molar-refractivity contribution in [2.24, 2.45) is 11.8 Å². The normalized spacial score (nSPS) is 22.5. The maximum Gasteiger partial charge on any atom is 0.475 e. The molecule has 8 N–H and O–H groups in total. The van der Waals surface area contributed by atoms with Crippen LogP contribution in [0.15, 0.2) is 0 Å². The molecule has 2 heterocycles. The molecule has 3 aliphatic rings. The van der Waals surface area contributed by atoms with E-state index in [0.29, 0.717) is 51.5 Å². The molecule has 22 heteroatoms. The molecular weight excluding hydrogens is 801 g/mol. The van der Waals surface area contributed by atoms with Crippen molar-refractivity contribution in [1.82, 2.24) is 35.1 Å². The molecule has 1 aliphatic carbocycles. The van der Waals surface area contributed by atoms with Gasteiger partial charge in [0.15, 0.2) is 0 Å². The van der Waals surface area contributed by atoms with E-state index in [-0.39, 0.29) is 127 Å². The Morgan fingerprint density at radius 3 is 1.69 bits per heavy atom. The van der Waals surface area contributed by atoms with Crippen molar-refractivity contribution in [3.63, 3.8) is 0 Å². The standard InChI is InChI=1S/C39H66BN7O14/c1-27(38(57)47-15-3-5-32(47)40(60)61)42-37(56)29-9-6-28(7-10-29)8-11-30(48)4-2-14-41-33(49)13-12-31(39(58)59)46-22-20-44(25-35(52)53)18-16-43(24-34(50)51)17-19-45(21-23-46)26-36(54)55/h27-29,31-32,60-61H,2-26H2,1H3,(H,41,49)(H,42,56)(H,50,51)(H,52,53)(H,54,55)(H,58,59)/t27-,28?,29?,31-,32+/m1/s1. The van der Waals surface area contributed by atoms with Crippen molar-refractivity contribution in [1.29, 1.82) is 0 Å². The molecule has 21 nitrogen and oxygen atoms in total. The van der Waals surface area contributed by atoms with Crippen molar-refractivity contribution in [2.45, 2.75) is 102 Å². The van der Waals surface area contributed by atoms with E-state index in [1.165, 1.54) is 4.90 Å². The van der Waals surface area contributed by atoms with E-state index in [1.807, 2.05) is 0 Å². The highest BCUT2D eigenvalue weighted by atomic mass is 16.4. The van der Waals surface area contributed by atoms with Gasteiger partial charge in [0.05, 0.1) is 25.6 Å². The smallest absolute Gasteiger partial charge is 0.475 e. The lowest BCUT2D eigenvalue weighted by Crippen LogP contribution is -2.53. The summed E-state index contributed by atoms with van der Waals surface area (Å²) >= 11 is 0. The lowest BCUT2D eigenvalue weighted by Gasteiger charge is -2.35. The van der Waals surface area contributed by atoms with Gasteiger partial charge in [-0.15, -0.1) is 0 Å². The van der Waals surface area contributed by atoms with Crippen LogP contribution in [-0.4, -0.2) is 213 Å². The van der Waals surface area contributed by atoms with Gasteiger partial charge in [0.1, 0.15) is 17.9 Å². The summed E-state index contributed by atoms with van der Waals surface area (Å²) in [5, 5.41) is 63.2. The number of rotatable bonds is 22. The third-order valence-electron chi connectivity index (χ3n) is 12.0. The Labute approximate surface area is 356 Å². The topological polar surface area (TPSA) is 298 Å². The Morgan fingerprint density at radius 2 is 1.20 bits per heavy atom. The number of ketones is 1. The SMILES string of the molecule is C[C@@H](NC(=O)C1CCC(CCC(=O)CCCNC(=O)CC[C@H](C(=O)O)N2CCN(CC(=O)O)CCN(CC(=O)O)CCN(CC(=O)O)CC2)CC1)C(=O)N1CCC[C@H]1B(O)O. The van der Waals surface area contributed by atoms with Crippen LogP contribution >= 0.6 is 0 Å². The van der Waals surface area contributed by atoms with E-state index < -0.39 is 54.9 Å². The molecule has 2 saturated heterocycles. The summed E-state index contributed by atoms with van der Waals surface area (Å²) < 4.78 is 0. The fourth-order valence-corrected chi connectivity index (χ4v) is 8.47. The summed E-state index contributed by atoms with van der Waals surface area (Å²) in [5.74, 6) is -5.98. The van der Waals surface area contributed by atoms with Gasteiger partial charge in [0.25, 0.3) is 0 Å². The zero-order valence-corrected chi connectivity index (χ0v) is 35.3. The number of likely N-dealkylation sites (tertiary alicyclic amines) is 1. The van der Waals surface area contributed by atoms with Crippen LogP contribution in [0.3, 0.4) is 0 Å². The molecule has 0 spiro atoms. The number of carbonyl (C=O) groups excluding carboxylic acids is 4. The Hall–Kier alpha value is -4.22. The summed E-state index contributed by atoms with van der Waals surface area (Å²) in [6.07, 6.45) is 5.51. The van der Waals surface area contributed by atoms with Crippen molar-refractivity contribution < 1.29 is 68.8 Å². The predicted molar refractivity (Wildman–Crippen MR) is 219 cm³/mol. The van der Waals surface area contributed by atoms with Gasteiger partial charge in [0.2, 0.25) is 17.7 Å². The van der Waals surface area contributed by atoms with E-state index in [9.17, 15) is 68.8 Å². The van der Waals surface area contributed by atoms with Gasteiger partial charge in [-0.1, -0.05) is 0 Å². The zero-order chi connectivity index (χ0) is 45.1. The summed E-state index contributed by atoms with van der Waals surface area (Å²) in [5.41, 5.74) is 0. The molecule has 0 bridgehead atoms. The second-order valence-corrected chi connectivity index (χ2v) is 16.6. The molecule has 1 saturated carbocycles. The van der Waals surface area contributed by atoms with Crippen LogP contribution in [0.1, 0.15) is 84.0 Å². The van der Waals surface area contributed by atoms with Crippen LogP contribution in [-0.2, 0) is 38.4 Å². The molecule has 3 rings (SSSR count). The highest BCUT2D eigenvalue weighted by Gasteiger charge is 2.39. The minimum Gasteiger partial charge on any atom is -0.480 e. The van der Waals surface area contributed by atoms with Gasteiger partial charge < -0.3 is 46.0 Å². The maximum absolute atomic E-state index is 12.9. The highest BCUT2D eigenvalue weighted by Crippen LogP contribution is 2.32. The van der Waals surface area contributed by atoms with Crippen LogP contribution in [0.2, 0.25) is 0 Å². The summed E-state index contributed by atoms with van der Waals surface area (Å²) in [6.45, 7) is 2.46. The summed E-state index contributed by atoms with van der Waals surface area (Å²) in [4.78, 5) is 106.